The standard InChI is InChI=1S/C23H29N3O5S/c1-17-9-11-19(12-10-17)32(29,30)26-14-5-6-18(16-26)22(27)25-21-8-4-3-7-20(21)23(28)24-13-15-31-2/h3-4,7-12,18H,5-6,13-16H2,1-2H3,(H,24,28)(H,25,27). The maximum absolute atomic E-state index is 13.0. The second-order valence-electron chi connectivity index (χ2n) is 7.80. The number of para-hydroxylation sites is 1. The van der Waals surface area contributed by atoms with E-state index in [-0.39, 0.29) is 23.3 Å². The SMILES string of the molecule is COCCNC(=O)c1ccccc1NC(=O)C1CCCN(S(=O)(=O)c2ccc(C)cc2)C1. The predicted octanol–water partition coefficient (Wildman–Crippen LogP) is 2.41. The van der Waals surface area contributed by atoms with E-state index in [0.717, 1.165) is 5.56 Å². The van der Waals surface area contributed by atoms with Crippen molar-refractivity contribution in [2.24, 2.45) is 5.92 Å². The first-order valence-electron chi connectivity index (χ1n) is 10.6. The normalized spacial score (nSPS) is 17.0. The van der Waals surface area contributed by atoms with Crippen molar-refractivity contribution < 1.29 is 22.7 Å². The number of hydrogen-bond acceptors (Lipinski definition) is 5. The van der Waals surface area contributed by atoms with Gasteiger partial charge in [0, 0.05) is 26.7 Å². The van der Waals surface area contributed by atoms with E-state index < -0.39 is 15.9 Å². The summed E-state index contributed by atoms with van der Waals surface area (Å²) in [6.07, 6.45) is 1.16. The predicted molar refractivity (Wildman–Crippen MR) is 122 cm³/mol. The van der Waals surface area contributed by atoms with E-state index in [4.69, 9.17) is 4.74 Å². The van der Waals surface area contributed by atoms with Gasteiger partial charge in [0.15, 0.2) is 0 Å². The molecule has 2 amide bonds. The van der Waals surface area contributed by atoms with Crippen molar-refractivity contribution in [3.63, 3.8) is 0 Å². The summed E-state index contributed by atoms with van der Waals surface area (Å²) in [6.45, 7) is 3.11. The molecule has 0 aliphatic carbocycles. The second-order valence-corrected chi connectivity index (χ2v) is 9.74. The number of nitrogens with zero attached hydrogens (tertiary/aromatic N) is 1. The monoisotopic (exact) mass is 459 g/mol. The lowest BCUT2D eigenvalue weighted by atomic mass is 9.98. The highest BCUT2D eigenvalue weighted by atomic mass is 32.2. The molecule has 1 aliphatic heterocycles. The first-order chi connectivity index (χ1) is 15.3. The molecule has 0 bridgehead atoms. The van der Waals surface area contributed by atoms with Crippen LogP contribution in [0.4, 0.5) is 5.69 Å². The zero-order valence-corrected chi connectivity index (χ0v) is 19.2. The van der Waals surface area contributed by atoms with Gasteiger partial charge in [0.2, 0.25) is 15.9 Å². The molecule has 3 rings (SSSR count). The van der Waals surface area contributed by atoms with Gasteiger partial charge >= 0.3 is 0 Å². The van der Waals surface area contributed by atoms with E-state index in [1.54, 1.807) is 55.6 Å². The van der Waals surface area contributed by atoms with Gasteiger partial charge in [0.1, 0.15) is 0 Å². The Kier molecular flexibility index (Phi) is 8.00. The van der Waals surface area contributed by atoms with Gasteiger partial charge in [0.25, 0.3) is 5.91 Å². The molecule has 2 aromatic rings. The van der Waals surface area contributed by atoms with Crippen molar-refractivity contribution in [1.82, 2.24) is 9.62 Å². The maximum atomic E-state index is 13.0. The minimum atomic E-state index is -3.68. The number of aryl methyl sites for hydroxylation is 1. The van der Waals surface area contributed by atoms with Crippen molar-refractivity contribution in [3.8, 4) is 0 Å². The van der Waals surface area contributed by atoms with Gasteiger partial charge < -0.3 is 15.4 Å². The number of methoxy groups -OCH3 is 1. The van der Waals surface area contributed by atoms with Crippen LogP contribution in [-0.2, 0) is 19.6 Å². The van der Waals surface area contributed by atoms with Crippen LogP contribution >= 0.6 is 0 Å². The minimum Gasteiger partial charge on any atom is -0.383 e. The zero-order chi connectivity index (χ0) is 23.1. The lowest BCUT2D eigenvalue weighted by Crippen LogP contribution is -2.43. The van der Waals surface area contributed by atoms with Crippen LogP contribution in [-0.4, -0.2) is 57.9 Å². The number of hydrogen-bond donors (Lipinski definition) is 2. The van der Waals surface area contributed by atoms with Gasteiger partial charge in [-0.15, -0.1) is 0 Å². The highest BCUT2D eigenvalue weighted by Gasteiger charge is 2.33. The Labute approximate surface area is 189 Å². The average Bonchev–Trinajstić information content (AvgIpc) is 2.80. The van der Waals surface area contributed by atoms with E-state index in [9.17, 15) is 18.0 Å². The van der Waals surface area contributed by atoms with Crippen LogP contribution in [0.5, 0.6) is 0 Å². The molecular weight excluding hydrogens is 430 g/mol. The van der Waals surface area contributed by atoms with Gasteiger partial charge in [-0.05, 0) is 44.0 Å². The first-order valence-corrected chi connectivity index (χ1v) is 12.0. The largest absolute Gasteiger partial charge is 0.383 e. The molecule has 0 aromatic heterocycles. The van der Waals surface area contributed by atoms with Crippen molar-refractivity contribution in [1.29, 1.82) is 0 Å². The van der Waals surface area contributed by atoms with E-state index in [0.29, 0.717) is 43.8 Å². The highest BCUT2D eigenvalue weighted by Crippen LogP contribution is 2.25. The van der Waals surface area contributed by atoms with Gasteiger partial charge in [-0.2, -0.15) is 4.31 Å². The lowest BCUT2D eigenvalue weighted by molar-refractivity contribution is -0.120. The van der Waals surface area contributed by atoms with Crippen molar-refractivity contribution in [3.05, 3.63) is 59.7 Å². The topological polar surface area (TPSA) is 105 Å². The molecule has 32 heavy (non-hydrogen) atoms. The van der Waals surface area contributed by atoms with Gasteiger partial charge in [-0.1, -0.05) is 29.8 Å². The number of benzene rings is 2. The van der Waals surface area contributed by atoms with Crippen LogP contribution in [0.3, 0.4) is 0 Å². The number of anilines is 1. The molecule has 1 saturated heterocycles. The fraction of sp³-hybridized carbons (Fsp3) is 0.391. The fourth-order valence-corrected chi connectivity index (χ4v) is 5.14. The zero-order valence-electron chi connectivity index (χ0n) is 18.3. The third kappa shape index (κ3) is 5.73. The molecule has 172 valence electrons. The Morgan fingerprint density at radius 2 is 1.84 bits per heavy atom. The molecule has 0 spiro atoms. The van der Waals surface area contributed by atoms with Crippen LogP contribution < -0.4 is 10.6 Å². The molecule has 1 unspecified atom stereocenters. The van der Waals surface area contributed by atoms with Gasteiger partial charge in [0.05, 0.1) is 28.7 Å². The van der Waals surface area contributed by atoms with Crippen molar-refractivity contribution in [2.45, 2.75) is 24.7 Å². The number of carbonyl (C=O) groups is 2. The van der Waals surface area contributed by atoms with Crippen LogP contribution in [0, 0.1) is 12.8 Å². The Morgan fingerprint density at radius 3 is 2.56 bits per heavy atom. The molecule has 0 saturated carbocycles. The van der Waals surface area contributed by atoms with Crippen LogP contribution in [0.1, 0.15) is 28.8 Å². The molecular formula is C23H29N3O5S. The van der Waals surface area contributed by atoms with E-state index in [2.05, 4.69) is 10.6 Å². The summed E-state index contributed by atoms with van der Waals surface area (Å²) in [5.74, 6) is -1.12. The number of piperidine rings is 1. The Morgan fingerprint density at radius 1 is 1.12 bits per heavy atom. The van der Waals surface area contributed by atoms with Crippen molar-refractivity contribution >= 4 is 27.5 Å². The molecule has 1 fully saturated rings. The average molecular weight is 460 g/mol. The smallest absolute Gasteiger partial charge is 0.253 e. The molecule has 2 aromatic carbocycles. The summed E-state index contributed by atoms with van der Waals surface area (Å²) >= 11 is 0. The summed E-state index contributed by atoms with van der Waals surface area (Å²) in [5.41, 5.74) is 1.72. The third-order valence-electron chi connectivity index (χ3n) is 5.43. The van der Waals surface area contributed by atoms with Gasteiger partial charge in [-0.25, -0.2) is 8.42 Å². The molecule has 1 atom stereocenters. The summed E-state index contributed by atoms with van der Waals surface area (Å²) < 4.78 is 32.4. The molecule has 8 nitrogen and oxygen atoms in total. The quantitative estimate of drug-likeness (QED) is 0.590. The maximum Gasteiger partial charge on any atom is 0.253 e. The summed E-state index contributed by atoms with van der Waals surface area (Å²) in [5, 5.41) is 5.56. The Bertz CT molecular complexity index is 1050. The molecule has 1 aliphatic rings. The Hall–Kier alpha value is -2.75. The van der Waals surface area contributed by atoms with Crippen LogP contribution in [0.2, 0.25) is 0 Å². The second kappa shape index (κ2) is 10.7. The number of sulfonamides is 1. The van der Waals surface area contributed by atoms with E-state index in [1.165, 1.54) is 4.31 Å². The Balaban J connectivity index is 1.70. The lowest BCUT2D eigenvalue weighted by Gasteiger charge is -2.31. The summed E-state index contributed by atoms with van der Waals surface area (Å²) in [7, 11) is -2.13. The van der Waals surface area contributed by atoms with Crippen molar-refractivity contribution in [2.75, 3.05) is 38.7 Å². The van der Waals surface area contributed by atoms with Gasteiger partial charge in [-0.3, -0.25) is 9.59 Å². The minimum absolute atomic E-state index is 0.101. The van der Waals surface area contributed by atoms with E-state index >= 15 is 0 Å². The summed E-state index contributed by atoms with van der Waals surface area (Å²) in [4.78, 5) is 25.7. The number of ether oxygens (including phenoxy) is 1. The molecule has 1 heterocycles. The molecule has 0 radical (unpaired) electrons. The first kappa shape index (κ1) is 23.9. The third-order valence-corrected chi connectivity index (χ3v) is 7.31. The molecule has 9 heteroatoms. The number of rotatable bonds is 8. The van der Waals surface area contributed by atoms with E-state index in [1.807, 2.05) is 6.92 Å². The summed E-state index contributed by atoms with van der Waals surface area (Å²) in [6, 6.07) is 13.4. The highest BCUT2D eigenvalue weighted by molar-refractivity contribution is 7.89. The number of carbonyl (C=O) groups excluding carboxylic acids is 2. The van der Waals surface area contributed by atoms with Crippen LogP contribution in [0.15, 0.2) is 53.4 Å². The fourth-order valence-electron chi connectivity index (χ4n) is 3.62. The number of nitrogens with one attached hydrogen (secondary N) is 2. The van der Waals surface area contributed by atoms with Crippen LogP contribution in [0.25, 0.3) is 0 Å². The number of amides is 2. The molecule has 2 N–H and O–H groups in total.